The Balaban J connectivity index is -0.0000000750. The molecule has 0 atom stereocenters. The standard InChI is InChI=1S/4C4H6O2.2C4H10O2/c4*1-3(2)4(5)6;2*5-3-1-2-4-6/h4*1H2,2H3,(H,5,6);2*5-6H,1-4H2. The first-order chi connectivity index (χ1) is 16.4. The molecule has 0 aliphatic heterocycles. The molecule has 0 rings (SSSR count). The van der Waals surface area contributed by atoms with E-state index in [2.05, 4.69) is 26.3 Å². The lowest BCUT2D eigenvalue weighted by atomic mass is 10.3. The Hall–Kier alpha value is -3.32. The van der Waals surface area contributed by atoms with Crippen molar-refractivity contribution in [1.29, 1.82) is 0 Å². The predicted octanol–water partition coefficient (Wildman–Crippen LogP) is 2.09. The molecule has 0 aromatic carbocycles. The summed E-state index contributed by atoms with van der Waals surface area (Å²) in [6, 6.07) is 0. The number of hydrogen-bond acceptors (Lipinski definition) is 8. The van der Waals surface area contributed by atoms with Crippen LogP contribution in [0.15, 0.2) is 48.6 Å². The van der Waals surface area contributed by atoms with Gasteiger partial charge in [-0.15, -0.1) is 0 Å². The van der Waals surface area contributed by atoms with E-state index in [1.165, 1.54) is 27.7 Å². The lowest BCUT2D eigenvalue weighted by Crippen LogP contribution is -1.92. The molecule has 8 N–H and O–H groups in total. The lowest BCUT2D eigenvalue weighted by Gasteiger charge is -1.85. The first kappa shape index (κ1) is 46.1. The minimum atomic E-state index is -0.935. The van der Waals surface area contributed by atoms with Crippen LogP contribution < -0.4 is 0 Å². The molecular formula is C24H44O12. The van der Waals surface area contributed by atoms with E-state index in [-0.39, 0.29) is 48.7 Å². The van der Waals surface area contributed by atoms with Gasteiger partial charge < -0.3 is 40.9 Å². The number of aliphatic carboxylic acids is 4. The van der Waals surface area contributed by atoms with Crippen LogP contribution in [0, 0.1) is 0 Å². The van der Waals surface area contributed by atoms with Crippen molar-refractivity contribution >= 4 is 23.9 Å². The largest absolute Gasteiger partial charge is 0.478 e. The van der Waals surface area contributed by atoms with Gasteiger partial charge in [-0.1, -0.05) is 26.3 Å². The molecule has 0 heterocycles. The van der Waals surface area contributed by atoms with E-state index in [0.717, 1.165) is 25.7 Å². The molecular weight excluding hydrogens is 480 g/mol. The highest BCUT2D eigenvalue weighted by molar-refractivity contribution is 5.85. The van der Waals surface area contributed by atoms with Gasteiger partial charge in [-0.2, -0.15) is 0 Å². The summed E-state index contributed by atoms with van der Waals surface area (Å²) in [6.45, 7) is 19.2. The number of hydrogen-bond donors (Lipinski definition) is 8. The maximum absolute atomic E-state index is 9.60. The molecule has 0 amide bonds. The van der Waals surface area contributed by atoms with Crippen molar-refractivity contribution in [2.24, 2.45) is 0 Å². The summed E-state index contributed by atoms with van der Waals surface area (Å²) in [5, 5.41) is 63.9. The fourth-order valence-electron chi connectivity index (χ4n) is 0.447. The average Bonchev–Trinajstić information content (AvgIpc) is 2.78. The van der Waals surface area contributed by atoms with Gasteiger partial charge in [0.1, 0.15) is 0 Å². The van der Waals surface area contributed by atoms with Gasteiger partial charge in [0.25, 0.3) is 0 Å². The van der Waals surface area contributed by atoms with Crippen molar-refractivity contribution in [3.63, 3.8) is 0 Å². The highest BCUT2D eigenvalue weighted by Gasteiger charge is 1.91. The van der Waals surface area contributed by atoms with Crippen LogP contribution in [0.3, 0.4) is 0 Å². The number of carboxylic acid groups (broad SMARTS) is 4. The van der Waals surface area contributed by atoms with Crippen LogP contribution in [-0.2, 0) is 19.2 Å². The Morgan fingerprint density at radius 2 is 0.500 bits per heavy atom. The number of carbonyl (C=O) groups is 4. The molecule has 12 nitrogen and oxygen atoms in total. The summed E-state index contributed by atoms with van der Waals surface area (Å²) < 4.78 is 0. The number of rotatable bonds is 10. The van der Waals surface area contributed by atoms with Crippen molar-refractivity contribution in [3.05, 3.63) is 48.6 Å². The van der Waals surface area contributed by atoms with Crippen molar-refractivity contribution in [1.82, 2.24) is 0 Å². The number of carboxylic acids is 4. The van der Waals surface area contributed by atoms with Crippen LogP contribution >= 0.6 is 0 Å². The average molecular weight is 525 g/mol. The molecule has 0 saturated heterocycles. The van der Waals surface area contributed by atoms with E-state index in [9.17, 15) is 19.2 Å². The smallest absolute Gasteiger partial charge is 0.330 e. The number of aliphatic hydroxyl groups is 4. The van der Waals surface area contributed by atoms with E-state index in [0.29, 0.717) is 0 Å². The summed E-state index contributed by atoms with van der Waals surface area (Å²) >= 11 is 0. The second-order valence-corrected chi connectivity index (χ2v) is 6.65. The zero-order valence-electron chi connectivity index (χ0n) is 21.7. The molecule has 0 fully saturated rings. The fourth-order valence-corrected chi connectivity index (χ4v) is 0.447. The van der Waals surface area contributed by atoms with Crippen molar-refractivity contribution in [3.8, 4) is 0 Å². The van der Waals surface area contributed by atoms with Gasteiger partial charge in [0.05, 0.1) is 0 Å². The Morgan fingerprint density at radius 1 is 0.417 bits per heavy atom. The summed E-state index contributed by atoms with van der Waals surface area (Å²) in [4.78, 5) is 38.4. The summed E-state index contributed by atoms with van der Waals surface area (Å²) in [7, 11) is 0. The Labute approximate surface area is 212 Å². The summed E-state index contributed by atoms with van der Waals surface area (Å²) in [6.07, 6.45) is 2.88. The molecule has 0 aromatic heterocycles. The highest BCUT2D eigenvalue weighted by Crippen LogP contribution is 1.83. The maximum Gasteiger partial charge on any atom is 0.330 e. The fraction of sp³-hybridized carbons (Fsp3) is 0.500. The first-order valence-electron chi connectivity index (χ1n) is 10.4. The molecule has 0 bridgehead atoms. The maximum atomic E-state index is 9.60. The molecule has 0 aliphatic carbocycles. The van der Waals surface area contributed by atoms with Crippen LogP contribution in [0.4, 0.5) is 0 Å². The van der Waals surface area contributed by atoms with E-state index < -0.39 is 23.9 Å². The van der Waals surface area contributed by atoms with Crippen LogP contribution in [-0.4, -0.2) is 91.2 Å². The SMILES string of the molecule is C=C(C)C(=O)O.C=C(C)C(=O)O.C=C(C)C(=O)O.C=C(C)C(=O)O.OCCCCO.OCCCCO. The van der Waals surface area contributed by atoms with E-state index in [1.807, 2.05) is 0 Å². The second-order valence-electron chi connectivity index (χ2n) is 6.65. The van der Waals surface area contributed by atoms with Crippen LogP contribution in [0.2, 0.25) is 0 Å². The molecule has 0 aliphatic rings. The third-order valence-corrected chi connectivity index (χ3v) is 2.59. The highest BCUT2D eigenvalue weighted by atomic mass is 16.4. The number of unbranched alkanes of at least 4 members (excludes halogenated alkanes) is 2. The summed E-state index contributed by atoms with van der Waals surface area (Å²) in [5.74, 6) is -3.74. The first-order valence-corrected chi connectivity index (χ1v) is 10.4. The normalized spacial score (nSPS) is 8.00. The van der Waals surface area contributed by atoms with Crippen LogP contribution in [0.1, 0.15) is 53.4 Å². The van der Waals surface area contributed by atoms with Crippen LogP contribution in [0.5, 0.6) is 0 Å². The minimum Gasteiger partial charge on any atom is -0.478 e. The quantitative estimate of drug-likeness (QED) is 0.152. The Kier molecular flexibility index (Phi) is 46.4. The van der Waals surface area contributed by atoms with E-state index in [1.54, 1.807) is 0 Å². The van der Waals surface area contributed by atoms with Gasteiger partial charge in [0, 0.05) is 48.7 Å². The monoisotopic (exact) mass is 524 g/mol. The molecule has 212 valence electrons. The van der Waals surface area contributed by atoms with Crippen molar-refractivity contribution in [2.75, 3.05) is 26.4 Å². The molecule has 0 saturated carbocycles. The Morgan fingerprint density at radius 3 is 0.528 bits per heavy atom. The molecule has 0 unspecified atom stereocenters. The molecule has 0 aromatic rings. The van der Waals surface area contributed by atoms with Gasteiger partial charge in [0.2, 0.25) is 0 Å². The van der Waals surface area contributed by atoms with Crippen molar-refractivity contribution < 1.29 is 60.0 Å². The van der Waals surface area contributed by atoms with Gasteiger partial charge in [-0.05, 0) is 53.4 Å². The molecule has 0 spiro atoms. The topological polar surface area (TPSA) is 230 Å². The number of aliphatic hydroxyl groups excluding tert-OH is 4. The third-order valence-electron chi connectivity index (χ3n) is 2.59. The van der Waals surface area contributed by atoms with E-state index >= 15 is 0 Å². The van der Waals surface area contributed by atoms with Gasteiger partial charge in [-0.3, -0.25) is 0 Å². The van der Waals surface area contributed by atoms with Crippen LogP contribution in [0.25, 0.3) is 0 Å². The Bertz CT molecular complexity index is 491. The lowest BCUT2D eigenvalue weighted by molar-refractivity contribution is -0.133. The van der Waals surface area contributed by atoms with Crippen molar-refractivity contribution in [2.45, 2.75) is 53.4 Å². The minimum absolute atomic E-state index is 0.176. The summed E-state index contributed by atoms with van der Waals surface area (Å²) in [5.41, 5.74) is 0.704. The molecule has 12 heteroatoms. The molecule has 0 radical (unpaired) electrons. The van der Waals surface area contributed by atoms with E-state index in [4.69, 9.17) is 40.9 Å². The zero-order valence-corrected chi connectivity index (χ0v) is 21.7. The van der Waals surface area contributed by atoms with Gasteiger partial charge >= 0.3 is 23.9 Å². The zero-order chi connectivity index (χ0) is 30.3. The van der Waals surface area contributed by atoms with Gasteiger partial charge in [0.15, 0.2) is 0 Å². The second kappa shape index (κ2) is 36.3. The third kappa shape index (κ3) is 77.5. The predicted molar refractivity (Wildman–Crippen MR) is 137 cm³/mol. The van der Waals surface area contributed by atoms with Gasteiger partial charge in [-0.25, -0.2) is 19.2 Å². The molecule has 36 heavy (non-hydrogen) atoms.